The molecular weight excluding hydrogens is 314 g/mol. The Hall–Kier alpha value is -1.55. The quantitative estimate of drug-likeness (QED) is 0.762. The molecule has 0 spiro atoms. The van der Waals surface area contributed by atoms with Gasteiger partial charge in [0.05, 0.1) is 0 Å². The van der Waals surface area contributed by atoms with Gasteiger partial charge >= 0.3 is 0 Å². The van der Waals surface area contributed by atoms with Crippen LogP contribution in [0.4, 0.5) is 8.78 Å². The Kier molecular flexibility index (Phi) is 4.10. The Labute approximate surface area is 118 Å². The molecule has 2 aromatic rings. The van der Waals surface area contributed by atoms with Crippen LogP contribution in [0, 0.1) is 18.6 Å². The summed E-state index contributed by atoms with van der Waals surface area (Å²) >= 11 is 3.33. The summed E-state index contributed by atoms with van der Waals surface area (Å²) in [6.07, 6.45) is 0.0487. The zero-order chi connectivity index (χ0) is 14.0. The molecule has 0 bridgehead atoms. The number of rotatable bonds is 3. The van der Waals surface area contributed by atoms with Crippen LogP contribution in [0.3, 0.4) is 0 Å². The zero-order valence-corrected chi connectivity index (χ0v) is 11.8. The van der Waals surface area contributed by atoms with Crippen molar-refractivity contribution in [1.82, 2.24) is 0 Å². The van der Waals surface area contributed by atoms with Crippen molar-refractivity contribution < 1.29 is 13.6 Å². The maximum absolute atomic E-state index is 13.1. The lowest BCUT2D eigenvalue weighted by Gasteiger charge is -2.04. The summed E-state index contributed by atoms with van der Waals surface area (Å²) in [4.78, 5) is 12.1. The third kappa shape index (κ3) is 3.47. The summed E-state index contributed by atoms with van der Waals surface area (Å²) < 4.78 is 26.7. The highest BCUT2D eigenvalue weighted by molar-refractivity contribution is 9.10. The van der Waals surface area contributed by atoms with Crippen LogP contribution >= 0.6 is 15.9 Å². The van der Waals surface area contributed by atoms with Gasteiger partial charge in [-0.2, -0.15) is 0 Å². The molecule has 0 saturated carbocycles. The number of ketones is 1. The molecule has 2 aromatic carbocycles. The van der Waals surface area contributed by atoms with Crippen molar-refractivity contribution in [1.29, 1.82) is 0 Å². The standard InChI is InChI=1S/C15H11BrF2O/c1-9-4-11(8-12(16)5-9)15(19)7-10-2-3-13(17)14(18)6-10/h2-6,8H,7H2,1H3. The maximum Gasteiger partial charge on any atom is 0.167 e. The molecule has 0 aliphatic heterocycles. The molecule has 0 aliphatic rings. The fraction of sp³-hybridized carbons (Fsp3) is 0.133. The second-order valence-corrected chi connectivity index (χ2v) is 5.28. The fourth-order valence-corrected chi connectivity index (χ4v) is 2.44. The molecule has 0 N–H and O–H groups in total. The lowest BCUT2D eigenvalue weighted by atomic mass is 10.0. The van der Waals surface area contributed by atoms with Gasteiger partial charge in [0.25, 0.3) is 0 Å². The highest BCUT2D eigenvalue weighted by atomic mass is 79.9. The van der Waals surface area contributed by atoms with Gasteiger partial charge < -0.3 is 0 Å². The van der Waals surface area contributed by atoms with Crippen LogP contribution in [0.15, 0.2) is 40.9 Å². The molecule has 0 fully saturated rings. The molecule has 0 saturated heterocycles. The lowest BCUT2D eigenvalue weighted by molar-refractivity contribution is 0.0992. The highest BCUT2D eigenvalue weighted by Gasteiger charge is 2.10. The van der Waals surface area contributed by atoms with Crippen molar-refractivity contribution in [2.75, 3.05) is 0 Å². The van der Waals surface area contributed by atoms with Crippen molar-refractivity contribution in [2.45, 2.75) is 13.3 Å². The van der Waals surface area contributed by atoms with Gasteiger partial charge in [-0.15, -0.1) is 0 Å². The van der Waals surface area contributed by atoms with Crippen LogP contribution in [0.25, 0.3) is 0 Å². The number of hydrogen-bond donors (Lipinski definition) is 0. The second kappa shape index (κ2) is 5.61. The number of halogens is 3. The molecule has 1 nitrogen and oxygen atoms in total. The van der Waals surface area contributed by atoms with Crippen LogP contribution in [0.5, 0.6) is 0 Å². The molecule has 0 radical (unpaired) electrons. The molecule has 0 aliphatic carbocycles. The Balaban J connectivity index is 2.22. The van der Waals surface area contributed by atoms with E-state index in [0.717, 1.165) is 22.2 Å². The van der Waals surface area contributed by atoms with Gasteiger partial charge in [0.1, 0.15) is 0 Å². The predicted octanol–water partition coefficient (Wildman–Crippen LogP) is 4.46. The molecule has 0 aromatic heterocycles. The lowest BCUT2D eigenvalue weighted by Crippen LogP contribution is -2.04. The largest absolute Gasteiger partial charge is 0.294 e. The molecular formula is C15H11BrF2O. The van der Waals surface area contributed by atoms with Crippen LogP contribution in [-0.2, 0) is 6.42 Å². The van der Waals surface area contributed by atoms with E-state index in [2.05, 4.69) is 15.9 Å². The van der Waals surface area contributed by atoms with E-state index in [1.165, 1.54) is 6.07 Å². The van der Waals surface area contributed by atoms with E-state index in [-0.39, 0.29) is 12.2 Å². The Morgan fingerprint density at radius 3 is 2.47 bits per heavy atom. The number of Topliss-reactive ketones (excluding diaryl/α,β-unsaturated/α-hetero) is 1. The van der Waals surface area contributed by atoms with E-state index in [4.69, 9.17) is 0 Å². The van der Waals surface area contributed by atoms with Crippen LogP contribution in [0.1, 0.15) is 21.5 Å². The van der Waals surface area contributed by atoms with Crippen molar-refractivity contribution in [3.05, 3.63) is 69.2 Å². The smallest absolute Gasteiger partial charge is 0.167 e. The summed E-state index contributed by atoms with van der Waals surface area (Å²) in [5.41, 5.74) is 1.97. The van der Waals surface area contributed by atoms with Gasteiger partial charge in [0.2, 0.25) is 0 Å². The zero-order valence-electron chi connectivity index (χ0n) is 10.2. The van der Waals surface area contributed by atoms with E-state index >= 15 is 0 Å². The third-order valence-electron chi connectivity index (χ3n) is 2.71. The van der Waals surface area contributed by atoms with Crippen molar-refractivity contribution >= 4 is 21.7 Å². The number of hydrogen-bond acceptors (Lipinski definition) is 1. The van der Waals surface area contributed by atoms with E-state index in [9.17, 15) is 13.6 Å². The molecule has 0 heterocycles. The van der Waals surface area contributed by atoms with Crippen LogP contribution in [0.2, 0.25) is 0 Å². The predicted molar refractivity (Wildman–Crippen MR) is 73.3 cm³/mol. The van der Waals surface area contributed by atoms with E-state index < -0.39 is 11.6 Å². The Morgan fingerprint density at radius 1 is 1.11 bits per heavy atom. The van der Waals surface area contributed by atoms with Gasteiger partial charge in [-0.1, -0.05) is 22.0 Å². The third-order valence-corrected chi connectivity index (χ3v) is 3.17. The number of carbonyl (C=O) groups excluding carboxylic acids is 1. The SMILES string of the molecule is Cc1cc(Br)cc(C(=O)Cc2ccc(F)c(F)c2)c1. The molecule has 4 heteroatoms. The van der Waals surface area contributed by atoms with Crippen molar-refractivity contribution in [3.63, 3.8) is 0 Å². The molecule has 0 atom stereocenters. The van der Waals surface area contributed by atoms with Gasteiger partial charge in [-0.25, -0.2) is 8.78 Å². The van der Waals surface area contributed by atoms with Gasteiger partial charge in [-0.05, 0) is 48.4 Å². The van der Waals surface area contributed by atoms with Gasteiger partial charge in [0, 0.05) is 16.5 Å². The summed E-state index contributed by atoms with van der Waals surface area (Å²) in [6, 6.07) is 8.89. The molecule has 98 valence electrons. The van der Waals surface area contributed by atoms with Crippen LogP contribution < -0.4 is 0 Å². The summed E-state index contributed by atoms with van der Waals surface area (Å²) in [7, 11) is 0. The number of carbonyl (C=O) groups is 1. The van der Waals surface area contributed by atoms with E-state index in [1.807, 2.05) is 13.0 Å². The molecule has 0 amide bonds. The first-order valence-electron chi connectivity index (χ1n) is 5.70. The number of aryl methyl sites for hydroxylation is 1. The minimum absolute atomic E-state index is 0.0487. The summed E-state index contributed by atoms with van der Waals surface area (Å²) in [6.45, 7) is 1.89. The molecule has 19 heavy (non-hydrogen) atoms. The maximum atomic E-state index is 13.1. The van der Waals surface area contributed by atoms with Crippen LogP contribution in [-0.4, -0.2) is 5.78 Å². The first-order valence-corrected chi connectivity index (χ1v) is 6.49. The first-order chi connectivity index (χ1) is 8.95. The second-order valence-electron chi connectivity index (χ2n) is 4.37. The highest BCUT2D eigenvalue weighted by Crippen LogP contribution is 2.18. The normalized spacial score (nSPS) is 10.5. The molecule has 2 rings (SSSR count). The van der Waals surface area contributed by atoms with E-state index in [1.54, 1.807) is 12.1 Å². The van der Waals surface area contributed by atoms with Gasteiger partial charge in [-0.3, -0.25) is 4.79 Å². The minimum atomic E-state index is -0.935. The first kappa shape index (κ1) is 13.9. The minimum Gasteiger partial charge on any atom is -0.294 e. The van der Waals surface area contributed by atoms with Crippen molar-refractivity contribution in [3.8, 4) is 0 Å². The average Bonchev–Trinajstić information content (AvgIpc) is 2.32. The summed E-state index contributed by atoms with van der Waals surface area (Å²) in [5, 5.41) is 0. The number of benzene rings is 2. The monoisotopic (exact) mass is 324 g/mol. The topological polar surface area (TPSA) is 17.1 Å². The Morgan fingerprint density at radius 2 is 1.84 bits per heavy atom. The van der Waals surface area contributed by atoms with Crippen molar-refractivity contribution in [2.24, 2.45) is 0 Å². The fourth-order valence-electron chi connectivity index (χ4n) is 1.83. The van der Waals surface area contributed by atoms with Gasteiger partial charge in [0.15, 0.2) is 17.4 Å². The molecule has 0 unspecified atom stereocenters. The van der Waals surface area contributed by atoms with E-state index in [0.29, 0.717) is 11.1 Å². The Bertz CT molecular complexity index is 618. The summed E-state index contributed by atoms with van der Waals surface area (Å²) in [5.74, 6) is -1.97. The average molecular weight is 325 g/mol.